The van der Waals surface area contributed by atoms with Crippen molar-refractivity contribution in [2.24, 2.45) is 9.98 Å². The molecule has 2 aromatic rings. The topological polar surface area (TPSA) is 47.5 Å². The summed E-state index contributed by atoms with van der Waals surface area (Å²) in [4.78, 5) is 10.7. The summed E-state index contributed by atoms with van der Waals surface area (Å²) in [5, 5.41) is 0. The summed E-state index contributed by atoms with van der Waals surface area (Å²) in [7, 11) is 3.07. The number of benzene rings is 2. The first kappa shape index (κ1) is 17.1. The zero-order valence-electron chi connectivity index (χ0n) is 13.0. The lowest BCUT2D eigenvalue weighted by atomic mass is 10.2. The monoisotopic (exact) mass is 329 g/mol. The van der Waals surface area contributed by atoms with E-state index in [0.29, 0.717) is 17.6 Å². The van der Waals surface area contributed by atoms with Crippen molar-refractivity contribution in [2.75, 3.05) is 14.2 Å². The molecule has 122 valence electrons. The molecule has 0 bridgehead atoms. The first-order chi connectivity index (χ1) is 11.6. The summed E-state index contributed by atoms with van der Waals surface area (Å²) in [5.74, 6) is -0.555. The Morgan fingerprint density at radius 2 is 1.96 bits per heavy atom. The molecule has 0 heterocycles. The smallest absolute Gasteiger partial charge is 0.218 e. The van der Waals surface area contributed by atoms with Crippen molar-refractivity contribution in [3.63, 3.8) is 0 Å². The maximum absolute atomic E-state index is 13.7. The van der Waals surface area contributed by atoms with E-state index >= 15 is 0 Å². The van der Waals surface area contributed by atoms with Crippen LogP contribution in [0, 0.1) is 18.2 Å². The third-order valence-electron chi connectivity index (χ3n) is 3.10. The minimum Gasteiger partial charge on any atom is -0.497 e. The molecule has 0 N–H and O–H groups in total. The number of aliphatic imine (C=N–C) groups is 2. The highest BCUT2D eigenvalue weighted by Crippen LogP contribution is 2.31. The summed E-state index contributed by atoms with van der Waals surface area (Å²) in [5.41, 5.74) is 0.222. The quantitative estimate of drug-likeness (QED) is 0.597. The van der Waals surface area contributed by atoms with Crippen LogP contribution in [0.15, 0.2) is 40.3 Å². The molecular weight excluding hydrogens is 316 g/mol. The van der Waals surface area contributed by atoms with Gasteiger partial charge in [0.05, 0.1) is 33.3 Å². The van der Waals surface area contributed by atoms with Crippen molar-refractivity contribution in [1.82, 2.24) is 0 Å². The van der Waals surface area contributed by atoms with E-state index in [1.54, 1.807) is 25.3 Å². The molecule has 0 amide bonds. The number of ether oxygens (including phenoxy) is 2. The Hall–Kier alpha value is -3.23. The maximum atomic E-state index is 13.7. The molecule has 24 heavy (non-hydrogen) atoms. The average Bonchev–Trinajstić information content (AvgIpc) is 2.59. The Kier molecular flexibility index (Phi) is 5.61. The second kappa shape index (κ2) is 7.86. The molecule has 0 radical (unpaired) electrons. The van der Waals surface area contributed by atoms with Crippen molar-refractivity contribution < 1.29 is 18.3 Å². The zero-order chi connectivity index (χ0) is 17.5. The van der Waals surface area contributed by atoms with Gasteiger partial charge in [-0.3, -0.25) is 0 Å². The number of halogens is 2. The van der Waals surface area contributed by atoms with E-state index in [-0.39, 0.29) is 17.9 Å². The molecule has 7 heteroatoms. The van der Waals surface area contributed by atoms with Gasteiger partial charge in [-0.2, -0.15) is 4.99 Å². The highest BCUT2D eigenvalue weighted by atomic mass is 19.1. The Bertz CT molecular complexity index is 854. The van der Waals surface area contributed by atoms with Gasteiger partial charge in [-0.25, -0.2) is 18.6 Å². The molecule has 0 atom stereocenters. The fraction of sp³-hybridized carbons (Fsp3) is 0.176. The second-order valence-corrected chi connectivity index (χ2v) is 4.57. The Labute approximate surface area is 137 Å². The normalized spacial score (nSPS) is 9.62. The first-order valence-electron chi connectivity index (χ1n) is 6.78. The summed E-state index contributed by atoms with van der Waals surface area (Å²) >= 11 is 0. The summed E-state index contributed by atoms with van der Waals surface area (Å²) in [6.07, 6.45) is 0. The van der Waals surface area contributed by atoms with Crippen LogP contribution in [0.3, 0.4) is 0 Å². The van der Waals surface area contributed by atoms with Gasteiger partial charge in [0.25, 0.3) is 0 Å². The Morgan fingerprint density at radius 1 is 1.17 bits per heavy atom. The molecule has 0 aliphatic rings. The standard InChI is InChI=1S/C17H13F2N3O2/c1-20-15-7-12(18)6-14(19)17(15)22-10-21-9-11-4-5-13(23-2)8-16(11)24-3/h4-8H,9H2,2-3H3. The molecule has 0 saturated heterocycles. The van der Waals surface area contributed by atoms with Crippen LogP contribution in [0.4, 0.5) is 20.2 Å². The second-order valence-electron chi connectivity index (χ2n) is 4.57. The van der Waals surface area contributed by atoms with Crippen molar-refractivity contribution in [3.8, 4) is 11.5 Å². The van der Waals surface area contributed by atoms with E-state index < -0.39 is 11.6 Å². The van der Waals surface area contributed by atoms with E-state index in [0.717, 1.165) is 11.6 Å². The molecule has 2 rings (SSSR count). The zero-order valence-corrected chi connectivity index (χ0v) is 13.0. The predicted molar refractivity (Wildman–Crippen MR) is 85.4 cm³/mol. The van der Waals surface area contributed by atoms with Gasteiger partial charge in [0.15, 0.2) is 0 Å². The Morgan fingerprint density at radius 3 is 2.62 bits per heavy atom. The van der Waals surface area contributed by atoms with Crippen molar-refractivity contribution in [3.05, 3.63) is 58.9 Å². The van der Waals surface area contributed by atoms with Gasteiger partial charge in [0.2, 0.25) is 5.69 Å². The van der Waals surface area contributed by atoms with E-state index in [1.807, 2.05) is 0 Å². The number of rotatable bonds is 5. The van der Waals surface area contributed by atoms with Crippen LogP contribution in [-0.2, 0) is 6.54 Å². The maximum Gasteiger partial charge on any atom is 0.218 e. The molecule has 0 aliphatic carbocycles. The van der Waals surface area contributed by atoms with E-state index in [1.165, 1.54) is 7.11 Å². The number of hydrogen-bond donors (Lipinski definition) is 0. The van der Waals surface area contributed by atoms with Gasteiger partial charge in [0.1, 0.15) is 28.8 Å². The van der Waals surface area contributed by atoms with Gasteiger partial charge < -0.3 is 9.47 Å². The fourth-order valence-corrected chi connectivity index (χ4v) is 1.94. The van der Waals surface area contributed by atoms with Gasteiger partial charge in [-0.05, 0) is 18.2 Å². The van der Waals surface area contributed by atoms with Crippen LogP contribution in [0.25, 0.3) is 4.85 Å². The lowest BCUT2D eigenvalue weighted by Crippen LogP contribution is -1.92. The molecule has 0 aliphatic heterocycles. The predicted octanol–water partition coefficient (Wildman–Crippen LogP) is 4.54. The van der Waals surface area contributed by atoms with Crippen LogP contribution in [0.1, 0.15) is 5.56 Å². The minimum absolute atomic E-state index is 0.187. The third-order valence-corrected chi connectivity index (χ3v) is 3.10. The van der Waals surface area contributed by atoms with Crippen LogP contribution in [0.5, 0.6) is 11.5 Å². The van der Waals surface area contributed by atoms with Gasteiger partial charge in [-0.15, -0.1) is 0 Å². The fourth-order valence-electron chi connectivity index (χ4n) is 1.94. The molecule has 0 spiro atoms. The van der Waals surface area contributed by atoms with Crippen LogP contribution < -0.4 is 9.47 Å². The van der Waals surface area contributed by atoms with Gasteiger partial charge in [0, 0.05) is 17.7 Å². The van der Waals surface area contributed by atoms with E-state index in [9.17, 15) is 8.78 Å². The molecule has 5 nitrogen and oxygen atoms in total. The van der Waals surface area contributed by atoms with Gasteiger partial charge >= 0.3 is 0 Å². The average molecular weight is 329 g/mol. The third kappa shape index (κ3) is 3.94. The molecule has 0 unspecified atom stereocenters. The highest BCUT2D eigenvalue weighted by molar-refractivity contribution is 5.70. The van der Waals surface area contributed by atoms with Crippen molar-refractivity contribution in [2.45, 2.75) is 6.54 Å². The summed E-state index contributed by atoms with van der Waals surface area (Å²) < 4.78 is 37.0. The number of methoxy groups -OCH3 is 2. The van der Waals surface area contributed by atoms with Crippen LogP contribution in [0.2, 0.25) is 0 Å². The van der Waals surface area contributed by atoms with E-state index in [4.69, 9.17) is 16.0 Å². The Balaban J connectivity index is 2.24. The van der Waals surface area contributed by atoms with Crippen molar-refractivity contribution in [1.29, 1.82) is 0 Å². The van der Waals surface area contributed by atoms with Crippen LogP contribution in [-0.4, -0.2) is 20.2 Å². The molecule has 0 fully saturated rings. The summed E-state index contributed by atoms with van der Waals surface area (Å²) in [6.45, 7) is 7.12. The van der Waals surface area contributed by atoms with Gasteiger partial charge in [-0.1, -0.05) is 0 Å². The molecular formula is C17H13F2N3O2. The largest absolute Gasteiger partial charge is 0.497 e. The highest BCUT2D eigenvalue weighted by Gasteiger charge is 2.10. The summed E-state index contributed by atoms with van der Waals surface area (Å²) in [6, 6.07) is 9.11. The lowest BCUT2D eigenvalue weighted by molar-refractivity contribution is 0.391. The molecule has 0 aromatic heterocycles. The minimum atomic E-state index is -0.939. The van der Waals surface area contributed by atoms with Crippen LogP contribution >= 0.6 is 0 Å². The first-order valence-corrected chi connectivity index (χ1v) is 6.78. The molecule has 2 aromatic carbocycles. The SMILES string of the molecule is [C-]#[N+]c1cc(F)cc(F)c1N=C=NCc1ccc(OC)cc1OC. The molecule has 0 saturated carbocycles. The number of nitrogens with zero attached hydrogens (tertiary/aromatic N) is 3. The van der Waals surface area contributed by atoms with E-state index in [2.05, 4.69) is 20.8 Å². The number of hydrogen-bond acceptors (Lipinski definition) is 4. The lowest BCUT2D eigenvalue weighted by Gasteiger charge is -2.07. The van der Waals surface area contributed by atoms with Crippen molar-refractivity contribution >= 4 is 17.4 Å².